The maximum Gasteiger partial charge on any atom is 0.246 e. The summed E-state index contributed by atoms with van der Waals surface area (Å²) in [6.07, 6.45) is 5.72. The van der Waals surface area contributed by atoms with Crippen molar-refractivity contribution in [2.75, 3.05) is 32.8 Å². The third-order valence-electron chi connectivity index (χ3n) is 5.95. The van der Waals surface area contributed by atoms with Crippen molar-refractivity contribution in [3.8, 4) is 5.75 Å². The van der Waals surface area contributed by atoms with Crippen LogP contribution in [0.1, 0.15) is 50.6 Å². The lowest BCUT2D eigenvalue weighted by Crippen LogP contribution is -2.52. The summed E-state index contributed by atoms with van der Waals surface area (Å²) in [5, 5.41) is 3.18. The van der Waals surface area contributed by atoms with Gasteiger partial charge in [0.1, 0.15) is 18.0 Å². The van der Waals surface area contributed by atoms with E-state index in [4.69, 9.17) is 9.47 Å². The Morgan fingerprint density at radius 2 is 2.08 bits per heavy atom. The largest absolute Gasteiger partial charge is 0.487 e. The minimum atomic E-state index is -0.155. The second-order valence-electron chi connectivity index (χ2n) is 8.03. The lowest BCUT2D eigenvalue weighted by Gasteiger charge is -2.47. The fourth-order valence-electron chi connectivity index (χ4n) is 4.29. The molecule has 2 aliphatic heterocycles. The van der Waals surface area contributed by atoms with Crippen LogP contribution in [0.3, 0.4) is 0 Å². The molecule has 142 valence electrons. The van der Waals surface area contributed by atoms with Gasteiger partial charge in [0.25, 0.3) is 0 Å². The molecule has 2 heterocycles. The van der Waals surface area contributed by atoms with E-state index in [0.29, 0.717) is 6.61 Å². The normalized spacial score (nSPS) is 24.7. The average molecular weight is 358 g/mol. The van der Waals surface area contributed by atoms with Crippen LogP contribution in [0, 0.1) is 5.92 Å². The maximum atomic E-state index is 12.2. The number of hydrogen-bond donors (Lipinski definition) is 1. The smallest absolute Gasteiger partial charge is 0.246 e. The van der Waals surface area contributed by atoms with Gasteiger partial charge in [-0.05, 0) is 44.6 Å². The number of ether oxygens (including phenoxy) is 2. The molecule has 3 aliphatic rings. The summed E-state index contributed by atoms with van der Waals surface area (Å²) in [5.41, 5.74) is 0.932. The van der Waals surface area contributed by atoms with Crippen molar-refractivity contribution in [2.45, 2.75) is 50.7 Å². The first-order chi connectivity index (χ1) is 12.7. The summed E-state index contributed by atoms with van der Waals surface area (Å²) >= 11 is 0. The summed E-state index contributed by atoms with van der Waals surface area (Å²) < 4.78 is 11.8. The Hall–Kier alpha value is -1.59. The quantitative estimate of drug-likeness (QED) is 0.850. The van der Waals surface area contributed by atoms with Gasteiger partial charge in [-0.15, -0.1) is 0 Å². The fraction of sp³-hybridized carbons (Fsp3) is 0.667. The maximum absolute atomic E-state index is 12.2. The number of benzene rings is 1. The molecule has 1 aromatic rings. The van der Waals surface area contributed by atoms with Crippen LogP contribution in [0.2, 0.25) is 0 Å². The minimum absolute atomic E-state index is 0.00267. The van der Waals surface area contributed by atoms with Crippen LogP contribution < -0.4 is 10.1 Å². The van der Waals surface area contributed by atoms with Crippen molar-refractivity contribution in [2.24, 2.45) is 5.92 Å². The molecule has 1 saturated carbocycles. The number of piperidine rings is 1. The summed E-state index contributed by atoms with van der Waals surface area (Å²) in [6.45, 7) is 6.02. The number of rotatable bonds is 6. The summed E-state index contributed by atoms with van der Waals surface area (Å²) in [6, 6.07) is 8.13. The van der Waals surface area contributed by atoms with E-state index in [1.807, 2.05) is 25.1 Å². The predicted octanol–water partition coefficient (Wildman–Crippen LogP) is 2.91. The Balaban J connectivity index is 1.45. The van der Waals surface area contributed by atoms with Gasteiger partial charge >= 0.3 is 0 Å². The number of para-hydroxylation sites is 1. The van der Waals surface area contributed by atoms with Gasteiger partial charge < -0.3 is 19.7 Å². The predicted molar refractivity (Wildman–Crippen MR) is 100 cm³/mol. The van der Waals surface area contributed by atoms with E-state index in [-0.39, 0.29) is 24.2 Å². The van der Waals surface area contributed by atoms with Gasteiger partial charge in [-0.25, -0.2) is 0 Å². The standard InChI is InChI=1S/C21H30N2O3/c1-2-25-15-20(24)22-18-13-21(26-19-6-4-3-5-17(18)19)9-11-23(12-10-21)14-16-7-8-16/h3-6,16,18H,2,7-15H2,1H3,(H,22,24). The Labute approximate surface area is 156 Å². The van der Waals surface area contributed by atoms with E-state index >= 15 is 0 Å². The first kappa shape index (κ1) is 17.8. The van der Waals surface area contributed by atoms with E-state index < -0.39 is 0 Å². The highest BCUT2D eigenvalue weighted by molar-refractivity contribution is 5.77. The molecule has 0 radical (unpaired) electrons. The Morgan fingerprint density at radius 1 is 1.31 bits per heavy atom. The van der Waals surface area contributed by atoms with Crippen molar-refractivity contribution >= 4 is 5.91 Å². The van der Waals surface area contributed by atoms with Gasteiger partial charge in [0, 0.05) is 38.2 Å². The number of nitrogens with one attached hydrogen (secondary N) is 1. The molecule has 26 heavy (non-hydrogen) atoms. The third kappa shape index (κ3) is 4.04. The molecule has 1 unspecified atom stereocenters. The molecular formula is C21H30N2O3. The summed E-state index contributed by atoms with van der Waals surface area (Å²) in [4.78, 5) is 14.8. The van der Waals surface area contributed by atoms with Crippen LogP contribution in [-0.2, 0) is 9.53 Å². The van der Waals surface area contributed by atoms with Crippen molar-refractivity contribution in [3.05, 3.63) is 29.8 Å². The molecule has 0 aromatic heterocycles. The van der Waals surface area contributed by atoms with Gasteiger partial charge in [-0.3, -0.25) is 4.79 Å². The average Bonchev–Trinajstić information content (AvgIpc) is 3.46. The van der Waals surface area contributed by atoms with Gasteiger partial charge in [0.05, 0.1) is 6.04 Å². The number of nitrogens with zero attached hydrogens (tertiary/aromatic N) is 1. The zero-order chi connectivity index (χ0) is 18.0. The van der Waals surface area contributed by atoms with Crippen molar-refractivity contribution in [3.63, 3.8) is 0 Å². The van der Waals surface area contributed by atoms with Crippen LogP contribution in [0.25, 0.3) is 0 Å². The van der Waals surface area contributed by atoms with E-state index in [0.717, 1.165) is 49.6 Å². The SMILES string of the molecule is CCOCC(=O)NC1CC2(CCN(CC3CC3)CC2)Oc2ccccc21. The number of fused-ring (bicyclic) bond motifs is 1. The molecule has 1 amide bonds. The first-order valence-electron chi connectivity index (χ1n) is 10.0. The lowest BCUT2D eigenvalue weighted by atomic mass is 9.80. The Bertz CT molecular complexity index is 636. The highest BCUT2D eigenvalue weighted by Gasteiger charge is 2.44. The third-order valence-corrected chi connectivity index (χ3v) is 5.95. The molecule has 1 aromatic carbocycles. The molecule has 1 N–H and O–H groups in total. The van der Waals surface area contributed by atoms with Crippen LogP contribution in [-0.4, -0.2) is 49.3 Å². The molecule has 1 aliphatic carbocycles. The number of carbonyl (C=O) groups is 1. The van der Waals surface area contributed by atoms with Crippen molar-refractivity contribution < 1.29 is 14.3 Å². The monoisotopic (exact) mass is 358 g/mol. The molecule has 1 atom stereocenters. The Kier molecular flexibility index (Phi) is 5.18. The number of hydrogen-bond acceptors (Lipinski definition) is 4. The molecule has 5 nitrogen and oxygen atoms in total. The van der Waals surface area contributed by atoms with Gasteiger partial charge in [-0.1, -0.05) is 18.2 Å². The molecule has 0 bridgehead atoms. The molecular weight excluding hydrogens is 328 g/mol. The fourth-order valence-corrected chi connectivity index (χ4v) is 4.29. The van der Waals surface area contributed by atoms with Crippen LogP contribution in [0.4, 0.5) is 0 Å². The van der Waals surface area contributed by atoms with Crippen LogP contribution in [0.5, 0.6) is 5.75 Å². The van der Waals surface area contributed by atoms with E-state index in [2.05, 4.69) is 16.3 Å². The lowest BCUT2D eigenvalue weighted by molar-refractivity contribution is -0.127. The van der Waals surface area contributed by atoms with Gasteiger partial charge in [-0.2, -0.15) is 0 Å². The van der Waals surface area contributed by atoms with E-state index in [1.54, 1.807) is 0 Å². The van der Waals surface area contributed by atoms with E-state index in [9.17, 15) is 4.79 Å². The van der Waals surface area contributed by atoms with Crippen molar-refractivity contribution in [1.29, 1.82) is 0 Å². The zero-order valence-corrected chi connectivity index (χ0v) is 15.7. The Morgan fingerprint density at radius 3 is 2.81 bits per heavy atom. The first-order valence-corrected chi connectivity index (χ1v) is 10.0. The number of likely N-dealkylation sites (tertiary alicyclic amines) is 1. The van der Waals surface area contributed by atoms with Crippen LogP contribution in [0.15, 0.2) is 24.3 Å². The molecule has 1 saturated heterocycles. The van der Waals surface area contributed by atoms with Gasteiger partial charge in [0.15, 0.2) is 0 Å². The molecule has 5 heteroatoms. The van der Waals surface area contributed by atoms with E-state index in [1.165, 1.54) is 19.4 Å². The summed E-state index contributed by atoms with van der Waals surface area (Å²) in [7, 11) is 0. The highest BCUT2D eigenvalue weighted by atomic mass is 16.5. The zero-order valence-electron chi connectivity index (χ0n) is 15.7. The minimum Gasteiger partial charge on any atom is -0.487 e. The van der Waals surface area contributed by atoms with Crippen LogP contribution >= 0.6 is 0 Å². The topological polar surface area (TPSA) is 50.8 Å². The molecule has 4 rings (SSSR count). The highest BCUT2D eigenvalue weighted by Crippen LogP contribution is 2.44. The number of carbonyl (C=O) groups excluding carboxylic acids is 1. The number of amides is 1. The summed E-state index contributed by atoms with van der Waals surface area (Å²) in [5.74, 6) is 1.81. The van der Waals surface area contributed by atoms with Crippen molar-refractivity contribution in [1.82, 2.24) is 10.2 Å². The van der Waals surface area contributed by atoms with Gasteiger partial charge in [0.2, 0.25) is 5.91 Å². The second kappa shape index (κ2) is 7.57. The molecule has 1 spiro atoms. The molecule has 2 fully saturated rings. The second-order valence-corrected chi connectivity index (χ2v) is 8.03.